The molecule has 0 aliphatic heterocycles. The minimum Gasteiger partial charge on any atom is -0.469 e. The van der Waals surface area contributed by atoms with Gasteiger partial charge in [0.25, 0.3) is 0 Å². The van der Waals surface area contributed by atoms with Gasteiger partial charge in [0.2, 0.25) is 0 Å². The summed E-state index contributed by atoms with van der Waals surface area (Å²) in [6, 6.07) is 4.90. The number of esters is 1. The van der Waals surface area contributed by atoms with E-state index in [9.17, 15) is 9.18 Å². The van der Waals surface area contributed by atoms with Crippen molar-refractivity contribution in [3.8, 4) is 0 Å². The van der Waals surface area contributed by atoms with Gasteiger partial charge in [-0.1, -0.05) is 12.1 Å². The Morgan fingerprint density at radius 1 is 1.56 bits per heavy atom. The number of carbonyl (C=O) groups is 1. The van der Waals surface area contributed by atoms with E-state index in [4.69, 9.17) is 5.73 Å². The number of rotatable bonds is 4. The Morgan fingerprint density at radius 3 is 2.75 bits per heavy atom. The first-order chi connectivity index (χ1) is 7.58. The Kier molecular flexibility index (Phi) is 4.43. The van der Waals surface area contributed by atoms with E-state index in [0.717, 1.165) is 5.56 Å². The second kappa shape index (κ2) is 5.61. The minimum absolute atomic E-state index is 0.176. The number of aryl methyl sites for hydroxylation is 1. The zero-order valence-electron chi connectivity index (χ0n) is 9.50. The summed E-state index contributed by atoms with van der Waals surface area (Å²) < 4.78 is 17.9. The van der Waals surface area contributed by atoms with Crippen LogP contribution in [0.15, 0.2) is 18.2 Å². The fourth-order valence-corrected chi connectivity index (χ4v) is 1.48. The molecule has 0 amide bonds. The maximum atomic E-state index is 13.3. The smallest absolute Gasteiger partial charge is 0.306 e. The minimum atomic E-state index is -0.337. The van der Waals surface area contributed by atoms with Crippen molar-refractivity contribution in [1.29, 1.82) is 0 Å². The Morgan fingerprint density at radius 2 is 2.25 bits per heavy atom. The van der Waals surface area contributed by atoms with Crippen LogP contribution in [0.3, 0.4) is 0 Å². The van der Waals surface area contributed by atoms with Crippen LogP contribution in [0.2, 0.25) is 0 Å². The number of hydrogen-bond acceptors (Lipinski definition) is 3. The summed E-state index contributed by atoms with van der Waals surface area (Å²) in [6.45, 7) is 1.98. The molecule has 1 unspecified atom stereocenters. The van der Waals surface area contributed by atoms with Crippen LogP contribution < -0.4 is 5.73 Å². The summed E-state index contributed by atoms with van der Waals surface area (Å²) in [5.41, 5.74) is 6.88. The van der Waals surface area contributed by atoms with Gasteiger partial charge in [-0.2, -0.15) is 0 Å². The number of hydrogen-bond donors (Lipinski definition) is 1. The van der Waals surface area contributed by atoms with Gasteiger partial charge in [-0.05, 0) is 30.7 Å². The lowest BCUT2D eigenvalue weighted by molar-refractivity contribution is -0.141. The molecule has 88 valence electrons. The molecular formula is C12H16FNO2. The van der Waals surface area contributed by atoms with Gasteiger partial charge in [0.15, 0.2) is 0 Å². The zero-order valence-corrected chi connectivity index (χ0v) is 9.50. The summed E-state index contributed by atoms with van der Waals surface area (Å²) >= 11 is 0. The van der Waals surface area contributed by atoms with Gasteiger partial charge in [-0.15, -0.1) is 0 Å². The molecule has 2 N–H and O–H groups in total. The monoisotopic (exact) mass is 225 g/mol. The molecule has 1 atom stereocenters. The van der Waals surface area contributed by atoms with Crippen molar-refractivity contribution < 1.29 is 13.9 Å². The number of carbonyl (C=O) groups excluding carboxylic acids is 1. The highest BCUT2D eigenvalue weighted by Gasteiger charge is 2.15. The number of halogens is 1. The van der Waals surface area contributed by atoms with E-state index in [0.29, 0.717) is 5.56 Å². The lowest BCUT2D eigenvalue weighted by Gasteiger charge is -2.14. The highest BCUT2D eigenvalue weighted by Crippen LogP contribution is 2.21. The van der Waals surface area contributed by atoms with Crippen LogP contribution in [0.4, 0.5) is 4.39 Å². The molecule has 16 heavy (non-hydrogen) atoms. The molecule has 1 aromatic carbocycles. The van der Waals surface area contributed by atoms with Crippen molar-refractivity contribution in [2.45, 2.75) is 19.3 Å². The van der Waals surface area contributed by atoms with Crippen LogP contribution in [0.25, 0.3) is 0 Å². The van der Waals surface area contributed by atoms with Gasteiger partial charge in [-0.25, -0.2) is 4.39 Å². The van der Waals surface area contributed by atoms with E-state index in [1.54, 1.807) is 19.1 Å². The van der Waals surface area contributed by atoms with Gasteiger partial charge in [0.1, 0.15) is 5.82 Å². The van der Waals surface area contributed by atoms with Gasteiger partial charge in [0.05, 0.1) is 13.5 Å². The normalized spacial score (nSPS) is 12.2. The molecule has 0 fully saturated rings. The molecule has 1 aromatic rings. The number of benzene rings is 1. The van der Waals surface area contributed by atoms with Crippen molar-refractivity contribution in [2.24, 2.45) is 5.73 Å². The lowest BCUT2D eigenvalue weighted by atomic mass is 9.95. The van der Waals surface area contributed by atoms with Crippen molar-refractivity contribution >= 4 is 5.97 Å². The molecule has 0 radical (unpaired) electrons. The van der Waals surface area contributed by atoms with Gasteiger partial charge in [0, 0.05) is 5.92 Å². The van der Waals surface area contributed by atoms with Crippen LogP contribution in [-0.4, -0.2) is 19.6 Å². The summed E-state index contributed by atoms with van der Waals surface area (Å²) in [6.07, 6.45) is 0.176. The molecule has 4 heteroatoms. The average Bonchev–Trinajstić information content (AvgIpc) is 2.29. The quantitative estimate of drug-likeness (QED) is 0.794. The molecule has 0 saturated heterocycles. The second-order valence-corrected chi connectivity index (χ2v) is 3.72. The van der Waals surface area contributed by atoms with Gasteiger partial charge in [-0.3, -0.25) is 4.79 Å². The Balaban J connectivity index is 2.86. The standard InChI is InChI=1S/C12H16FNO2/c1-8-3-4-9(5-11(8)13)10(7-14)6-12(15)16-2/h3-5,10H,6-7,14H2,1-2H3. The third kappa shape index (κ3) is 3.03. The second-order valence-electron chi connectivity index (χ2n) is 3.72. The summed E-state index contributed by atoms with van der Waals surface area (Å²) in [5.74, 6) is -0.806. The van der Waals surface area contributed by atoms with Crippen molar-refractivity contribution in [1.82, 2.24) is 0 Å². The Bertz CT molecular complexity index is 379. The molecule has 0 aliphatic rings. The Hall–Kier alpha value is -1.42. The third-order valence-corrected chi connectivity index (χ3v) is 2.59. The van der Waals surface area contributed by atoms with E-state index >= 15 is 0 Å². The van der Waals surface area contributed by atoms with Crippen molar-refractivity contribution in [3.63, 3.8) is 0 Å². The highest BCUT2D eigenvalue weighted by atomic mass is 19.1. The van der Waals surface area contributed by atoms with Crippen LogP contribution in [0.1, 0.15) is 23.5 Å². The number of ether oxygens (including phenoxy) is 1. The van der Waals surface area contributed by atoms with Crippen molar-refractivity contribution in [3.05, 3.63) is 35.1 Å². The first-order valence-electron chi connectivity index (χ1n) is 5.11. The summed E-state index contributed by atoms with van der Waals surface area (Å²) in [7, 11) is 1.33. The Labute approximate surface area is 94.4 Å². The molecular weight excluding hydrogens is 209 g/mol. The molecule has 0 saturated carbocycles. The molecule has 0 heterocycles. The van der Waals surface area contributed by atoms with Gasteiger partial charge >= 0.3 is 5.97 Å². The summed E-state index contributed by atoms with van der Waals surface area (Å²) in [4.78, 5) is 11.1. The fourth-order valence-electron chi connectivity index (χ4n) is 1.48. The van der Waals surface area contributed by atoms with Crippen molar-refractivity contribution in [2.75, 3.05) is 13.7 Å². The molecule has 3 nitrogen and oxygen atoms in total. The molecule has 0 aromatic heterocycles. The first-order valence-corrected chi connectivity index (χ1v) is 5.11. The maximum absolute atomic E-state index is 13.3. The maximum Gasteiger partial charge on any atom is 0.306 e. The van der Waals surface area contributed by atoms with E-state index in [2.05, 4.69) is 4.74 Å². The molecule has 0 spiro atoms. The lowest BCUT2D eigenvalue weighted by Crippen LogP contribution is -2.17. The van der Waals surface area contributed by atoms with E-state index in [1.165, 1.54) is 13.2 Å². The van der Waals surface area contributed by atoms with Crippen LogP contribution in [0, 0.1) is 12.7 Å². The molecule has 0 bridgehead atoms. The largest absolute Gasteiger partial charge is 0.469 e. The zero-order chi connectivity index (χ0) is 12.1. The SMILES string of the molecule is COC(=O)CC(CN)c1ccc(C)c(F)c1. The predicted octanol–water partition coefficient (Wildman–Crippen LogP) is 1.74. The predicted molar refractivity (Wildman–Crippen MR) is 59.6 cm³/mol. The van der Waals surface area contributed by atoms with Crippen LogP contribution >= 0.6 is 0 Å². The number of nitrogens with two attached hydrogens (primary N) is 1. The first kappa shape index (κ1) is 12.6. The fraction of sp³-hybridized carbons (Fsp3) is 0.417. The van der Waals surface area contributed by atoms with Gasteiger partial charge < -0.3 is 10.5 Å². The number of methoxy groups -OCH3 is 1. The summed E-state index contributed by atoms with van der Waals surface area (Å²) in [5, 5.41) is 0. The van der Waals surface area contributed by atoms with E-state index in [1.807, 2.05) is 0 Å². The third-order valence-electron chi connectivity index (χ3n) is 2.59. The van der Waals surface area contributed by atoms with E-state index in [-0.39, 0.29) is 30.7 Å². The topological polar surface area (TPSA) is 52.3 Å². The highest BCUT2D eigenvalue weighted by molar-refractivity contribution is 5.70. The van der Waals surface area contributed by atoms with Crippen LogP contribution in [0.5, 0.6) is 0 Å². The van der Waals surface area contributed by atoms with Crippen LogP contribution in [-0.2, 0) is 9.53 Å². The van der Waals surface area contributed by atoms with E-state index < -0.39 is 0 Å². The average molecular weight is 225 g/mol. The molecule has 1 rings (SSSR count). The molecule has 0 aliphatic carbocycles.